The maximum absolute atomic E-state index is 11.8. The van der Waals surface area contributed by atoms with Crippen molar-refractivity contribution in [1.29, 1.82) is 0 Å². The summed E-state index contributed by atoms with van der Waals surface area (Å²) in [5.74, 6) is 0.285. The van der Waals surface area contributed by atoms with Crippen LogP contribution in [0.5, 0.6) is 0 Å². The van der Waals surface area contributed by atoms with Gasteiger partial charge >= 0.3 is 0 Å². The molecule has 2 aromatic rings. The van der Waals surface area contributed by atoms with Gasteiger partial charge in [0.2, 0.25) is 11.2 Å². The van der Waals surface area contributed by atoms with E-state index in [1.165, 1.54) is 6.20 Å². The lowest BCUT2D eigenvalue weighted by Gasteiger charge is -2.06. The van der Waals surface area contributed by atoms with Gasteiger partial charge in [0, 0.05) is 6.20 Å². The fraction of sp³-hybridized carbons (Fsp3) is 0.154. The number of aromatic nitrogens is 2. The number of carbonyl (C=O) groups excluding carboxylic acids is 1. The van der Waals surface area contributed by atoms with Crippen molar-refractivity contribution in [3.63, 3.8) is 0 Å². The van der Waals surface area contributed by atoms with E-state index in [1.807, 2.05) is 31.2 Å². The highest BCUT2D eigenvalue weighted by Crippen LogP contribution is 2.10. The van der Waals surface area contributed by atoms with Crippen LogP contribution in [0.25, 0.3) is 0 Å². The molecule has 0 radical (unpaired) electrons. The molecule has 5 heteroatoms. The Balaban J connectivity index is 2.03. The summed E-state index contributed by atoms with van der Waals surface area (Å²) in [4.78, 5) is 19.5. The second kappa shape index (κ2) is 5.60. The van der Waals surface area contributed by atoms with E-state index in [4.69, 9.17) is 11.6 Å². The lowest BCUT2D eigenvalue weighted by atomic mass is 10.1. The second-order valence-electron chi connectivity index (χ2n) is 3.86. The average Bonchev–Trinajstić information content (AvgIpc) is 2.32. The summed E-state index contributed by atoms with van der Waals surface area (Å²) in [6, 6.07) is 9.37. The third-order valence-electron chi connectivity index (χ3n) is 2.51. The highest BCUT2D eigenvalue weighted by atomic mass is 35.5. The van der Waals surface area contributed by atoms with Crippen molar-refractivity contribution >= 4 is 23.3 Å². The van der Waals surface area contributed by atoms with Crippen LogP contribution >= 0.6 is 11.6 Å². The van der Waals surface area contributed by atoms with Crippen LogP contribution in [0.1, 0.15) is 11.1 Å². The quantitative estimate of drug-likeness (QED) is 0.864. The average molecular weight is 262 g/mol. The van der Waals surface area contributed by atoms with E-state index >= 15 is 0 Å². The van der Waals surface area contributed by atoms with Crippen LogP contribution < -0.4 is 5.32 Å². The minimum atomic E-state index is -0.126. The molecule has 0 aliphatic rings. The number of rotatable bonds is 3. The normalized spacial score (nSPS) is 10.1. The van der Waals surface area contributed by atoms with Gasteiger partial charge in [-0.05, 0) is 35.7 Å². The first-order valence-corrected chi connectivity index (χ1v) is 5.86. The Kier molecular flexibility index (Phi) is 3.89. The molecule has 18 heavy (non-hydrogen) atoms. The van der Waals surface area contributed by atoms with Crippen molar-refractivity contribution < 1.29 is 4.79 Å². The molecule has 0 fully saturated rings. The first kappa shape index (κ1) is 12.5. The van der Waals surface area contributed by atoms with Gasteiger partial charge in [0.25, 0.3) is 0 Å². The summed E-state index contributed by atoms with van der Waals surface area (Å²) in [7, 11) is 0. The Hall–Kier alpha value is -1.94. The fourth-order valence-electron chi connectivity index (χ4n) is 1.57. The molecular weight excluding hydrogens is 250 g/mol. The summed E-state index contributed by atoms with van der Waals surface area (Å²) < 4.78 is 0. The molecular formula is C13H12ClN3O. The van der Waals surface area contributed by atoms with Crippen molar-refractivity contribution in [3.8, 4) is 0 Å². The number of aryl methyl sites for hydroxylation is 1. The molecule has 0 unspecified atom stereocenters. The Morgan fingerprint density at radius 2 is 2.11 bits per heavy atom. The van der Waals surface area contributed by atoms with Gasteiger partial charge in [-0.3, -0.25) is 4.79 Å². The number of halogens is 1. The predicted octanol–water partition coefficient (Wildman–Crippen LogP) is 2.62. The maximum atomic E-state index is 11.8. The van der Waals surface area contributed by atoms with Gasteiger partial charge in [-0.2, -0.15) is 0 Å². The van der Waals surface area contributed by atoms with E-state index in [2.05, 4.69) is 15.3 Å². The number of hydrogen-bond donors (Lipinski definition) is 1. The molecule has 0 spiro atoms. The largest absolute Gasteiger partial charge is 0.310 e. The first-order chi connectivity index (χ1) is 8.65. The van der Waals surface area contributed by atoms with Crippen LogP contribution in [0.3, 0.4) is 0 Å². The van der Waals surface area contributed by atoms with Crippen molar-refractivity contribution in [2.75, 3.05) is 5.32 Å². The van der Waals surface area contributed by atoms with Crippen LogP contribution in [0, 0.1) is 6.92 Å². The van der Waals surface area contributed by atoms with Gasteiger partial charge in [0.05, 0.1) is 6.42 Å². The monoisotopic (exact) mass is 261 g/mol. The Morgan fingerprint density at radius 1 is 1.33 bits per heavy atom. The zero-order valence-corrected chi connectivity index (χ0v) is 10.6. The Morgan fingerprint density at radius 3 is 2.83 bits per heavy atom. The topological polar surface area (TPSA) is 54.9 Å². The van der Waals surface area contributed by atoms with Gasteiger partial charge in [0.1, 0.15) is 5.82 Å². The molecule has 92 valence electrons. The highest BCUT2D eigenvalue weighted by Gasteiger charge is 2.07. The van der Waals surface area contributed by atoms with E-state index < -0.39 is 0 Å². The number of benzene rings is 1. The standard InChI is InChI=1S/C13H12ClN3O/c1-9-4-2-3-5-10(9)8-12(18)16-11-6-7-15-13(14)17-11/h2-7H,8H2,1H3,(H,15,16,17,18). The molecule has 1 N–H and O–H groups in total. The number of carbonyl (C=O) groups is 1. The Bertz CT molecular complexity index is 572. The number of anilines is 1. The van der Waals surface area contributed by atoms with Crippen molar-refractivity contribution in [2.45, 2.75) is 13.3 Å². The number of hydrogen-bond acceptors (Lipinski definition) is 3. The fourth-order valence-corrected chi connectivity index (χ4v) is 1.72. The summed E-state index contributed by atoms with van der Waals surface area (Å²) >= 11 is 5.64. The van der Waals surface area contributed by atoms with Gasteiger partial charge in [-0.1, -0.05) is 24.3 Å². The lowest BCUT2D eigenvalue weighted by molar-refractivity contribution is -0.115. The smallest absolute Gasteiger partial charge is 0.229 e. The minimum Gasteiger partial charge on any atom is -0.310 e. The van der Waals surface area contributed by atoms with Gasteiger partial charge < -0.3 is 5.32 Å². The van der Waals surface area contributed by atoms with Crippen LogP contribution in [-0.2, 0) is 11.2 Å². The molecule has 1 heterocycles. The molecule has 0 aliphatic heterocycles. The van der Waals surface area contributed by atoms with Crippen molar-refractivity contribution in [3.05, 3.63) is 52.9 Å². The summed E-state index contributed by atoms with van der Waals surface area (Å²) in [6.07, 6.45) is 1.81. The molecule has 0 atom stereocenters. The summed E-state index contributed by atoms with van der Waals surface area (Å²) in [5, 5.41) is 2.80. The van der Waals surface area contributed by atoms with E-state index in [-0.39, 0.29) is 11.2 Å². The maximum Gasteiger partial charge on any atom is 0.229 e. The summed E-state index contributed by atoms with van der Waals surface area (Å²) in [6.45, 7) is 1.98. The minimum absolute atomic E-state index is 0.115. The lowest BCUT2D eigenvalue weighted by Crippen LogP contribution is -2.16. The Labute approximate surface area is 110 Å². The SMILES string of the molecule is Cc1ccccc1CC(=O)Nc1ccnc(Cl)n1. The molecule has 1 aromatic heterocycles. The first-order valence-electron chi connectivity index (χ1n) is 5.48. The zero-order valence-electron chi connectivity index (χ0n) is 9.85. The molecule has 4 nitrogen and oxygen atoms in total. The van der Waals surface area contributed by atoms with Crippen LogP contribution in [0.4, 0.5) is 5.82 Å². The van der Waals surface area contributed by atoms with Gasteiger partial charge in [-0.25, -0.2) is 9.97 Å². The molecule has 0 saturated heterocycles. The molecule has 0 aliphatic carbocycles. The molecule has 1 aromatic carbocycles. The number of nitrogens with one attached hydrogen (secondary N) is 1. The van der Waals surface area contributed by atoms with Crippen LogP contribution in [0.15, 0.2) is 36.5 Å². The number of amides is 1. The van der Waals surface area contributed by atoms with Crippen LogP contribution in [0.2, 0.25) is 5.28 Å². The highest BCUT2D eigenvalue weighted by molar-refractivity contribution is 6.28. The molecule has 2 rings (SSSR count). The second-order valence-corrected chi connectivity index (χ2v) is 4.20. The van der Waals surface area contributed by atoms with E-state index in [1.54, 1.807) is 6.07 Å². The third-order valence-corrected chi connectivity index (χ3v) is 2.69. The van der Waals surface area contributed by atoms with Gasteiger partial charge in [-0.15, -0.1) is 0 Å². The summed E-state index contributed by atoms with van der Waals surface area (Å²) in [5.41, 5.74) is 2.09. The number of nitrogens with zero attached hydrogens (tertiary/aromatic N) is 2. The molecule has 0 saturated carbocycles. The molecule has 1 amide bonds. The van der Waals surface area contributed by atoms with E-state index in [0.29, 0.717) is 12.2 Å². The van der Waals surface area contributed by atoms with E-state index in [9.17, 15) is 4.79 Å². The zero-order chi connectivity index (χ0) is 13.0. The van der Waals surface area contributed by atoms with Crippen molar-refractivity contribution in [1.82, 2.24) is 9.97 Å². The molecule has 0 bridgehead atoms. The predicted molar refractivity (Wildman–Crippen MR) is 70.6 cm³/mol. The third kappa shape index (κ3) is 3.28. The van der Waals surface area contributed by atoms with Crippen molar-refractivity contribution in [2.24, 2.45) is 0 Å². The van der Waals surface area contributed by atoms with E-state index in [0.717, 1.165) is 11.1 Å². The van der Waals surface area contributed by atoms with Crippen LogP contribution in [-0.4, -0.2) is 15.9 Å². The van der Waals surface area contributed by atoms with Gasteiger partial charge in [0.15, 0.2) is 0 Å².